The van der Waals surface area contributed by atoms with Crippen LogP contribution in [0.25, 0.3) is 0 Å². The van der Waals surface area contributed by atoms with Gasteiger partial charge in [0, 0.05) is 17.5 Å². The Balaban J connectivity index is 2.19. The van der Waals surface area contributed by atoms with Crippen molar-refractivity contribution in [2.45, 2.75) is 13.3 Å². The summed E-state index contributed by atoms with van der Waals surface area (Å²) in [5.41, 5.74) is 2.70. The normalized spacial score (nSPS) is 9.70. The fraction of sp³-hybridized carbons (Fsp3) is 0.200. The highest BCUT2D eigenvalue weighted by Gasteiger charge is 2.08. The van der Waals surface area contributed by atoms with Crippen LogP contribution >= 0.6 is 0 Å². The number of aliphatic hydroxyl groups excluding tert-OH is 1. The second kappa shape index (κ2) is 6.55. The number of benzene rings is 1. The van der Waals surface area contributed by atoms with Gasteiger partial charge in [-0.3, -0.25) is 4.79 Å². The maximum Gasteiger partial charge on any atom is 0.255 e. The Morgan fingerprint density at radius 3 is 3.00 bits per heavy atom. The van der Waals surface area contributed by atoms with Crippen molar-refractivity contribution in [1.29, 1.82) is 0 Å². The van der Waals surface area contributed by atoms with Crippen molar-refractivity contribution in [3.8, 4) is 11.8 Å². The minimum atomic E-state index is -0.248. The first kappa shape index (κ1) is 13.8. The summed E-state index contributed by atoms with van der Waals surface area (Å²) in [5.74, 6) is 5.51. The lowest BCUT2D eigenvalue weighted by Crippen LogP contribution is -2.11. The quantitative estimate of drug-likeness (QED) is 0.836. The van der Waals surface area contributed by atoms with E-state index in [-0.39, 0.29) is 12.5 Å². The summed E-state index contributed by atoms with van der Waals surface area (Å²) in [5, 5.41) is 14.9. The molecule has 2 N–H and O–H groups in total. The molecule has 20 heavy (non-hydrogen) atoms. The van der Waals surface area contributed by atoms with Gasteiger partial charge in [0.2, 0.25) is 0 Å². The Hall–Kier alpha value is -2.58. The molecular formula is C15H14N2O3. The number of carbonyl (C=O) groups is 1. The van der Waals surface area contributed by atoms with Crippen LogP contribution in [0.15, 0.2) is 35.2 Å². The summed E-state index contributed by atoms with van der Waals surface area (Å²) >= 11 is 0. The van der Waals surface area contributed by atoms with Gasteiger partial charge in [0.15, 0.2) is 0 Å². The van der Waals surface area contributed by atoms with E-state index in [1.165, 1.54) is 12.5 Å². The fourth-order valence-corrected chi connectivity index (χ4v) is 1.68. The van der Waals surface area contributed by atoms with Gasteiger partial charge >= 0.3 is 0 Å². The first-order valence-electron chi connectivity index (χ1n) is 6.11. The summed E-state index contributed by atoms with van der Waals surface area (Å²) in [7, 11) is 0. The van der Waals surface area contributed by atoms with Crippen molar-refractivity contribution in [1.82, 2.24) is 5.16 Å². The van der Waals surface area contributed by atoms with Crippen LogP contribution in [0, 0.1) is 18.8 Å². The molecule has 0 saturated carbocycles. The van der Waals surface area contributed by atoms with Crippen LogP contribution in [0.4, 0.5) is 5.69 Å². The van der Waals surface area contributed by atoms with Crippen molar-refractivity contribution in [3.63, 3.8) is 0 Å². The molecule has 0 aliphatic heterocycles. The molecule has 0 spiro atoms. The van der Waals surface area contributed by atoms with Gasteiger partial charge in [-0.2, -0.15) is 0 Å². The highest BCUT2D eigenvalue weighted by Crippen LogP contribution is 2.12. The van der Waals surface area contributed by atoms with E-state index in [1.54, 1.807) is 12.1 Å². The molecule has 1 aromatic heterocycles. The largest absolute Gasteiger partial charge is 0.395 e. The second-order valence-electron chi connectivity index (χ2n) is 4.23. The number of amides is 1. The average Bonchev–Trinajstić information content (AvgIpc) is 2.91. The molecule has 2 aromatic rings. The molecule has 0 aliphatic rings. The zero-order valence-corrected chi connectivity index (χ0v) is 11.0. The number of aliphatic hydroxyl groups is 1. The van der Waals surface area contributed by atoms with Crippen LogP contribution in [0.1, 0.15) is 27.9 Å². The molecular weight excluding hydrogens is 256 g/mol. The summed E-state index contributed by atoms with van der Waals surface area (Å²) in [4.78, 5) is 12.1. The fourth-order valence-electron chi connectivity index (χ4n) is 1.68. The third-order valence-electron chi connectivity index (χ3n) is 2.50. The molecule has 0 aliphatic carbocycles. The van der Waals surface area contributed by atoms with Crippen LogP contribution in [-0.4, -0.2) is 22.8 Å². The topological polar surface area (TPSA) is 75.4 Å². The van der Waals surface area contributed by atoms with Crippen LogP contribution in [0.3, 0.4) is 0 Å². The van der Waals surface area contributed by atoms with E-state index in [0.29, 0.717) is 17.7 Å². The minimum Gasteiger partial charge on any atom is -0.395 e. The third-order valence-corrected chi connectivity index (χ3v) is 2.50. The Labute approximate surface area is 116 Å². The van der Waals surface area contributed by atoms with Gasteiger partial charge in [0.1, 0.15) is 12.0 Å². The Morgan fingerprint density at radius 1 is 1.45 bits per heavy atom. The summed E-state index contributed by atoms with van der Waals surface area (Å²) in [6.07, 6.45) is 3.20. The number of aryl methyl sites for hydroxylation is 1. The van der Waals surface area contributed by atoms with Crippen LogP contribution in [0.2, 0.25) is 0 Å². The lowest BCUT2D eigenvalue weighted by molar-refractivity contribution is 0.102. The smallest absolute Gasteiger partial charge is 0.255 e. The molecule has 2 rings (SSSR count). The Bertz CT molecular complexity index is 651. The Kier molecular flexibility index (Phi) is 4.53. The molecule has 0 saturated heterocycles. The number of carbonyl (C=O) groups excluding carboxylic acids is 1. The number of aromatic nitrogens is 1. The molecule has 0 atom stereocenters. The van der Waals surface area contributed by atoms with Crippen LogP contribution < -0.4 is 5.32 Å². The number of hydrogen-bond acceptors (Lipinski definition) is 4. The van der Waals surface area contributed by atoms with Gasteiger partial charge in [-0.05, 0) is 30.7 Å². The summed E-state index contributed by atoms with van der Waals surface area (Å²) in [6, 6.07) is 5.38. The van der Waals surface area contributed by atoms with Crippen LogP contribution in [0.5, 0.6) is 0 Å². The number of nitrogens with one attached hydrogen (secondary N) is 1. The highest BCUT2D eigenvalue weighted by molar-refractivity contribution is 6.04. The SMILES string of the molecule is Cc1cc(C#CCCO)cc(C(=O)Nc2cnoc2)c1. The molecule has 102 valence electrons. The molecule has 0 fully saturated rings. The maximum atomic E-state index is 12.1. The predicted octanol–water partition coefficient (Wildman–Crippen LogP) is 1.97. The minimum absolute atomic E-state index is 0.0274. The van der Waals surface area contributed by atoms with E-state index in [0.717, 1.165) is 11.1 Å². The van der Waals surface area contributed by atoms with Crippen molar-refractivity contribution in [2.75, 3.05) is 11.9 Å². The van der Waals surface area contributed by atoms with Gasteiger partial charge in [0.25, 0.3) is 5.91 Å². The number of rotatable bonds is 3. The van der Waals surface area contributed by atoms with E-state index in [9.17, 15) is 4.79 Å². The first-order chi connectivity index (χ1) is 9.69. The van der Waals surface area contributed by atoms with Crippen molar-refractivity contribution < 1.29 is 14.4 Å². The number of anilines is 1. The molecule has 1 heterocycles. The summed E-state index contributed by atoms with van der Waals surface area (Å²) < 4.78 is 4.65. The van der Waals surface area contributed by atoms with E-state index in [2.05, 4.69) is 26.8 Å². The predicted molar refractivity (Wildman–Crippen MR) is 74.2 cm³/mol. The average molecular weight is 270 g/mol. The van der Waals surface area contributed by atoms with Gasteiger partial charge in [-0.25, -0.2) is 0 Å². The standard InChI is InChI=1S/C15H14N2O3/c1-11-6-12(4-2-3-5-18)8-13(7-11)15(19)17-14-9-16-20-10-14/h6-10,18H,3,5H2,1H3,(H,17,19). The van der Waals surface area contributed by atoms with Crippen molar-refractivity contribution in [2.24, 2.45) is 0 Å². The number of nitrogens with zero attached hydrogens (tertiary/aromatic N) is 1. The maximum absolute atomic E-state index is 12.1. The monoisotopic (exact) mass is 270 g/mol. The van der Waals surface area contributed by atoms with E-state index in [4.69, 9.17) is 5.11 Å². The van der Waals surface area contributed by atoms with Gasteiger partial charge in [0.05, 0.1) is 12.8 Å². The summed E-state index contributed by atoms with van der Waals surface area (Å²) in [6.45, 7) is 1.92. The molecule has 5 nitrogen and oxygen atoms in total. The number of hydrogen-bond donors (Lipinski definition) is 2. The third kappa shape index (κ3) is 3.70. The van der Waals surface area contributed by atoms with Crippen LogP contribution in [-0.2, 0) is 0 Å². The van der Waals surface area contributed by atoms with Crippen molar-refractivity contribution in [3.05, 3.63) is 47.3 Å². The molecule has 1 aromatic carbocycles. The zero-order valence-electron chi connectivity index (χ0n) is 11.0. The zero-order chi connectivity index (χ0) is 14.4. The lowest BCUT2D eigenvalue weighted by atomic mass is 10.1. The van der Waals surface area contributed by atoms with E-state index >= 15 is 0 Å². The van der Waals surface area contributed by atoms with Gasteiger partial charge in [-0.15, -0.1) is 0 Å². The molecule has 0 bridgehead atoms. The van der Waals surface area contributed by atoms with Gasteiger partial charge < -0.3 is 14.9 Å². The Morgan fingerprint density at radius 2 is 2.30 bits per heavy atom. The van der Waals surface area contributed by atoms with Gasteiger partial charge in [-0.1, -0.05) is 17.0 Å². The molecule has 0 unspecified atom stereocenters. The second-order valence-corrected chi connectivity index (χ2v) is 4.23. The molecule has 5 heteroatoms. The lowest BCUT2D eigenvalue weighted by Gasteiger charge is -2.04. The molecule has 1 amide bonds. The van der Waals surface area contributed by atoms with E-state index in [1.807, 2.05) is 13.0 Å². The highest BCUT2D eigenvalue weighted by atomic mass is 16.5. The van der Waals surface area contributed by atoms with Crippen molar-refractivity contribution >= 4 is 11.6 Å². The molecule has 0 radical (unpaired) electrons. The van der Waals surface area contributed by atoms with E-state index < -0.39 is 0 Å². The first-order valence-corrected chi connectivity index (χ1v) is 6.11.